The van der Waals surface area contributed by atoms with Crippen LogP contribution >= 0.6 is 11.5 Å². The molecule has 0 bridgehead atoms. The molecule has 6 heteroatoms. The van der Waals surface area contributed by atoms with Crippen LogP contribution in [0.1, 0.15) is 15.2 Å². The molecule has 0 unspecified atom stereocenters. The van der Waals surface area contributed by atoms with Crippen LogP contribution in [0.15, 0.2) is 54.6 Å². The van der Waals surface area contributed by atoms with Crippen LogP contribution in [0.5, 0.6) is 5.75 Å². The Labute approximate surface area is 144 Å². The molecule has 0 radical (unpaired) electrons. The Balaban J connectivity index is 1.61. The third-order valence-corrected chi connectivity index (χ3v) is 4.32. The highest BCUT2D eigenvalue weighted by Crippen LogP contribution is 2.23. The van der Waals surface area contributed by atoms with E-state index in [1.54, 1.807) is 7.11 Å². The molecule has 1 amide bonds. The number of methoxy groups -OCH3 is 1. The first-order valence-corrected chi connectivity index (χ1v) is 8.34. The standard InChI is InChI=1S/C18H17N3O2S/c1-23-15-9-7-13(8-10-15)11-12-19-18(22)17-16(20-21-24-17)14-5-3-2-4-6-14/h2-10H,11-12H2,1H3,(H,19,22). The zero-order valence-corrected chi connectivity index (χ0v) is 14.0. The molecule has 1 heterocycles. The minimum Gasteiger partial charge on any atom is -0.497 e. The molecule has 0 spiro atoms. The van der Waals surface area contributed by atoms with Gasteiger partial charge in [-0.3, -0.25) is 4.79 Å². The monoisotopic (exact) mass is 339 g/mol. The molecule has 0 fully saturated rings. The lowest BCUT2D eigenvalue weighted by Gasteiger charge is -2.06. The first kappa shape index (κ1) is 16.1. The highest BCUT2D eigenvalue weighted by molar-refractivity contribution is 7.08. The summed E-state index contributed by atoms with van der Waals surface area (Å²) in [6.45, 7) is 0.553. The number of amides is 1. The number of carbonyl (C=O) groups is 1. The van der Waals surface area contributed by atoms with Gasteiger partial charge >= 0.3 is 0 Å². The maximum Gasteiger partial charge on any atom is 0.265 e. The molecular weight excluding hydrogens is 322 g/mol. The summed E-state index contributed by atoms with van der Waals surface area (Å²) in [5, 5.41) is 7.02. The molecule has 1 N–H and O–H groups in total. The normalized spacial score (nSPS) is 10.4. The first-order chi connectivity index (χ1) is 11.8. The van der Waals surface area contributed by atoms with Crippen LogP contribution in [0.4, 0.5) is 0 Å². The van der Waals surface area contributed by atoms with Crippen LogP contribution in [0, 0.1) is 0 Å². The molecule has 0 aliphatic rings. The number of rotatable bonds is 6. The van der Waals surface area contributed by atoms with Crippen molar-refractivity contribution in [1.82, 2.24) is 14.9 Å². The van der Waals surface area contributed by atoms with E-state index in [0.29, 0.717) is 17.1 Å². The van der Waals surface area contributed by atoms with Gasteiger partial charge in [0.15, 0.2) is 0 Å². The molecule has 5 nitrogen and oxygen atoms in total. The summed E-state index contributed by atoms with van der Waals surface area (Å²) in [7, 11) is 1.64. The summed E-state index contributed by atoms with van der Waals surface area (Å²) in [6.07, 6.45) is 0.753. The fourth-order valence-electron chi connectivity index (χ4n) is 2.32. The summed E-state index contributed by atoms with van der Waals surface area (Å²) in [6, 6.07) is 17.4. The molecule has 2 aromatic carbocycles. The van der Waals surface area contributed by atoms with E-state index < -0.39 is 0 Å². The Morgan fingerprint density at radius 2 is 1.88 bits per heavy atom. The van der Waals surface area contributed by atoms with Crippen molar-refractivity contribution in [1.29, 1.82) is 0 Å². The Morgan fingerprint density at radius 1 is 1.12 bits per heavy atom. The molecular formula is C18H17N3O2S. The van der Waals surface area contributed by atoms with Crippen molar-refractivity contribution in [2.24, 2.45) is 0 Å². The van der Waals surface area contributed by atoms with Gasteiger partial charge in [-0.2, -0.15) is 0 Å². The Kier molecular flexibility index (Phi) is 5.18. The van der Waals surface area contributed by atoms with Crippen molar-refractivity contribution in [3.05, 3.63) is 65.0 Å². The van der Waals surface area contributed by atoms with E-state index in [-0.39, 0.29) is 5.91 Å². The third-order valence-electron chi connectivity index (χ3n) is 3.60. The van der Waals surface area contributed by atoms with E-state index in [4.69, 9.17) is 4.74 Å². The largest absolute Gasteiger partial charge is 0.497 e. The van der Waals surface area contributed by atoms with Crippen molar-refractivity contribution < 1.29 is 9.53 Å². The fraction of sp³-hybridized carbons (Fsp3) is 0.167. The van der Waals surface area contributed by atoms with Crippen molar-refractivity contribution in [3.63, 3.8) is 0 Å². The maximum absolute atomic E-state index is 12.4. The van der Waals surface area contributed by atoms with Gasteiger partial charge in [-0.15, -0.1) is 5.10 Å². The highest BCUT2D eigenvalue weighted by Gasteiger charge is 2.17. The van der Waals surface area contributed by atoms with Crippen LogP contribution in [-0.4, -0.2) is 29.1 Å². The summed E-state index contributed by atoms with van der Waals surface area (Å²) in [5.74, 6) is 0.684. The molecule has 3 rings (SSSR count). The Morgan fingerprint density at radius 3 is 2.58 bits per heavy atom. The number of hydrogen-bond donors (Lipinski definition) is 1. The van der Waals surface area contributed by atoms with Gasteiger partial charge in [-0.1, -0.05) is 47.0 Å². The van der Waals surface area contributed by atoms with Gasteiger partial charge in [0, 0.05) is 12.1 Å². The van der Waals surface area contributed by atoms with Gasteiger partial charge in [-0.05, 0) is 35.6 Å². The number of nitrogens with one attached hydrogen (secondary N) is 1. The lowest BCUT2D eigenvalue weighted by atomic mass is 10.1. The van der Waals surface area contributed by atoms with Crippen LogP contribution < -0.4 is 10.1 Å². The van der Waals surface area contributed by atoms with Crippen LogP contribution in [-0.2, 0) is 6.42 Å². The number of nitrogens with zero attached hydrogens (tertiary/aromatic N) is 2. The predicted molar refractivity (Wildman–Crippen MR) is 94.4 cm³/mol. The lowest BCUT2D eigenvalue weighted by molar-refractivity contribution is 0.0958. The molecule has 0 saturated carbocycles. The minimum atomic E-state index is -0.141. The number of ether oxygens (including phenoxy) is 1. The second-order valence-corrected chi connectivity index (χ2v) is 5.92. The molecule has 3 aromatic rings. The number of benzene rings is 2. The van der Waals surface area contributed by atoms with E-state index in [9.17, 15) is 4.79 Å². The third kappa shape index (κ3) is 3.78. The van der Waals surface area contributed by atoms with Crippen molar-refractivity contribution in [3.8, 4) is 17.0 Å². The highest BCUT2D eigenvalue weighted by atomic mass is 32.1. The van der Waals surface area contributed by atoms with Crippen molar-refractivity contribution >= 4 is 17.4 Å². The van der Waals surface area contributed by atoms with Gasteiger partial charge in [0.25, 0.3) is 5.91 Å². The zero-order valence-electron chi connectivity index (χ0n) is 13.2. The number of hydrogen-bond acceptors (Lipinski definition) is 5. The summed E-state index contributed by atoms with van der Waals surface area (Å²) in [4.78, 5) is 12.9. The molecule has 0 aliphatic heterocycles. The molecule has 24 heavy (non-hydrogen) atoms. The fourth-order valence-corrected chi connectivity index (χ4v) is 2.92. The molecule has 122 valence electrons. The van der Waals surface area contributed by atoms with E-state index in [2.05, 4.69) is 14.9 Å². The Hall–Kier alpha value is -2.73. The molecule has 0 aliphatic carbocycles. The predicted octanol–water partition coefficient (Wildman–Crippen LogP) is 3.19. The quantitative estimate of drug-likeness (QED) is 0.749. The summed E-state index contributed by atoms with van der Waals surface area (Å²) in [5.41, 5.74) is 2.66. The van der Waals surface area contributed by atoms with Gasteiger partial charge in [0.05, 0.1) is 7.11 Å². The lowest BCUT2D eigenvalue weighted by Crippen LogP contribution is -2.25. The first-order valence-electron chi connectivity index (χ1n) is 7.57. The average molecular weight is 339 g/mol. The van der Waals surface area contributed by atoms with E-state index in [1.807, 2.05) is 54.6 Å². The van der Waals surface area contributed by atoms with Crippen molar-refractivity contribution in [2.75, 3.05) is 13.7 Å². The van der Waals surface area contributed by atoms with Crippen LogP contribution in [0.3, 0.4) is 0 Å². The zero-order chi connectivity index (χ0) is 16.8. The second-order valence-electron chi connectivity index (χ2n) is 5.17. The average Bonchev–Trinajstić information content (AvgIpc) is 3.13. The number of carbonyl (C=O) groups excluding carboxylic acids is 1. The molecule has 0 atom stereocenters. The van der Waals surface area contributed by atoms with E-state index in [1.165, 1.54) is 0 Å². The van der Waals surface area contributed by atoms with Gasteiger partial charge in [-0.25, -0.2) is 0 Å². The maximum atomic E-state index is 12.4. The Bertz CT molecular complexity index is 801. The SMILES string of the molecule is COc1ccc(CCNC(=O)c2snnc2-c2ccccc2)cc1. The molecule has 1 aromatic heterocycles. The van der Waals surface area contributed by atoms with Crippen molar-refractivity contribution in [2.45, 2.75) is 6.42 Å². The summed E-state index contributed by atoms with van der Waals surface area (Å²) < 4.78 is 9.06. The van der Waals surface area contributed by atoms with E-state index >= 15 is 0 Å². The van der Waals surface area contributed by atoms with Gasteiger partial charge in [0.1, 0.15) is 16.3 Å². The smallest absolute Gasteiger partial charge is 0.265 e. The number of aromatic nitrogens is 2. The van der Waals surface area contributed by atoms with Crippen LogP contribution in [0.2, 0.25) is 0 Å². The van der Waals surface area contributed by atoms with E-state index in [0.717, 1.165) is 34.8 Å². The second kappa shape index (κ2) is 7.70. The minimum absolute atomic E-state index is 0.141. The van der Waals surface area contributed by atoms with Crippen LogP contribution in [0.25, 0.3) is 11.3 Å². The van der Waals surface area contributed by atoms with Gasteiger partial charge in [0.2, 0.25) is 0 Å². The summed E-state index contributed by atoms with van der Waals surface area (Å²) >= 11 is 1.11. The molecule has 0 saturated heterocycles. The topological polar surface area (TPSA) is 64.1 Å². The van der Waals surface area contributed by atoms with Gasteiger partial charge < -0.3 is 10.1 Å².